The SMILES string of the molecule is COC(=O)C(C)(C)CS(=O)(=O)N(CCNC(C)=O)C(C)C(=O)O. The Bertz CT molecular complexity index is 557. The van der Waals surface area contributed by atoms with Gasteiger partial charge in [-0.3, -0.25) is 14.4 Å². The quantitative estimate of drug-likeness (QED) is 0.531. The highest BCUT2D eigenvalue weighted by atomic mass is 32.2. The molecule has 0 aromatic rings. The van der Waals surface area contributed by atoms with Gasteiger partial charge in [0, 0.05) is 20.0 Å². The third-order valence-electron chi connectivity index (χ3n) is 3.13. The lowest BCUT2D eigenvalue weighted by atomic mass is 9.97. The molecule has 0 aliphatic heterocycles. The van der Waals surface area contributed by atoms with Crippen LogP contribution in [0.1, 0.15) is 27.7 Å². The molecule has 0 aliphatic carbocycles. The Kier molecular flexibility index (Phi) is 7.65. The summed E-state index contributed by atoms with van der Waals surface area (Å²) in [7, 11) is -2.93. The molecule has 0 saturated heterocycles. The van der Waals surface area contributed by atoms with Gasteiger partial charge in [-0.15, -0.1) is 0 Å². The van der Waals surface area contributed by atoms with E-state index in [2.05, 4.69) is 10.1 Å². The number of carboxylic acids is 1. The van der Waals surface area contributed by atoms with E-state index in [9.17, 15) is 22.8 Å². The Morgan fingerprint density at radius 3 is 2.22 bits per heavy atom. The van der Waals surface area contributed by atoms with E-state index in [0.717, 1.165) is 11.4 Å². The predicted octanol–water partition coefficient (Wildman–Crippen LogP) is -0.573. The largest absolute Gasteiger partial charge is 0.480 e. The summed E-state index contributed by atoms with van der Waals surface area (Å²) < 4.78 is 30.4. The number of methoxy groups -OCH3 is 1. The molecule has 0 spiro atoms. The number of hydrogen-bond acceptors (Lipinski definition) is 6. The standard InChI is InChI=1S/C13H24N2O7S/c1-9(11(17)18)15(7-6-14-10(2)16)23(20,21)8-13(3,4)12(19)22-5/h9H,6-8H2,1-5H3,(H,14,16)(H,17,18). The van der Waals surface area contributed by atoms with E-state index >= 15 is 0 Å². The molecule has 1 unspecified atom stereocenters. The van der Waals surface area contributed by atoms with Gasteiger partial charge in [0.15, 0.2) is 0 Å². The first-order chi connectivity index (χ1) is 10.3. The van der Waals surface area contributed by atoms with Gasteiger partial charge in [0.2, 0.25) is 15.9 Å². The maximum Gasteiger partial charge on any atom is 0.321 e. The van der Waals surface area contributed by atoms with Gasteiger partial charge in [-0.1, -0.05) is 0 Å². The van der Waals surface area contributed by atoms with Gasteiger partial charge in [0.1, 0.15) is 6.04 Å². The lowest BCUT2D eigenvalue weighted by Gasteiger charge is -2.29. The summed E-state index contributed by atoms with van der Waals surface area (Å²) in [6, 6.07) is -1.33. The summed E-state index contributed by atoms with van der Waals surface area (Å²) in [5.74, 6) is -3.01. The molecule has 0 radical (unpaired) electrons. The fourth-order valence-corrected chi connectivity index (χ4v) is 4.05. The fourth-order valence-electron chi connectivity index (χ4n) is 1.91. The molecule has 0 aromatic heterocycles. The minimum Gasteiger partial charge on any atom is -0.480 e. The van der Waals surface area contributed by atoms with Crippen LogP contribution in [0.5, 0.6) is 0 Å². The molecule has 1 atom stereocenters. The summed E-state index contributed by atoms with van der Waals surface area (Å²) in [5, 5.41) is 11.5. The lowest BCUT2D eigenvalue weighted by molar-refractivity contribution is -0.149. The molecule has 0 bridgehead atoms. The highest BCUT2D eigenvalue weighted by Crippen LogP contribution is 2.23. The zero-order valence-electron chi connectivity index (χ0n) is 14.0. The van der Waals surface area contributed by atoms with Crippen LogP contribution in [0.3, 0.4) is 0 Å². The Labute approximate surface area is 136 Å². The number of amides is 1. The van der Waals surface area contributed by atoms with Crippen molar-refractivity contribution in [2.45, 2.75) is 33.7 Å². The van der Waals surface area contributed by atoms with Crippen LogP contribution in [-0.4, -0.2) is 67.7 Å². The summed E-state index contributed by atoms with van der Waals surface area (Å²) in [6.07, 6.45) is 0. The van der Waals surface area contributed by atoms with Gasteiger partial charge in [0.25, 0.3) is 0 Å². The number of esters is 1. The van der Waals surface area contributed by atoms with E-state index in [-0.39, 0.29) is 19.0 Å². The number of rotatable bonds is 9. The molecule has 23 heavy (non-hydrogen) atoms. The Balaban J connectivity index is 5.38. The number of nitrogens with one attached hydrogen (secondary N) is 1. The minimum absolute atomic E-state index is 0.0369. The van der Waals surface area contributed by atoms with Gasteiger partial charge in [0.05, 0.1) is 18.3 Å². The zero-order valence-corrected chi connectivity index (χ0v) is 14.8. The van der Waals surface area contributed by atoms with Crippen LogP contribution in [0.4, 0.5) is 0 Å². The van der Waals surface area contributed by atoms with Crippen molar-refractivity contribution in [1.82, 2.24) is 9.62 Å². The number of carboxylic acid groups (broad SMARTS) is 1. The van der Waals surface area contributed by atoms with Crippen molar-refractivity contribution in [2.75, 3.05) is 26.0 Å². The van der Waals surface area contributed by atoms with Crippen LogP contribution in [0, 0.1) is 5.41 Å². The van der Waals surface area contributed by atoms with Crippen LogP contribution in [0.25, 0.3) is 0 Å². The third-order valence-corrected chi connectivity index (χ3v) is 5.43. The van der Waals surface area contributed by atoms with Crippen molar-refractivity contribution in [1.29, 1.82) is 0 Å². The molecule has 134 valence electrons. The lowest BCUT2D eigenvalue weighted by Crippen LogP contribution is -2.50. The van der Waals surface area contributed by atoms with E-state index in [0.29, 0.717) is 0 Å². The maximum absolute atomic E-state index is 12.5. The summed E-state index contributed by atoms with van der Waals surface area (Å²) >= 11 is 0. The first-order valence-electron chi connectivity index (χ1n) is 6.90. The Hall–Kier alpha value is -1.68. The molecule has 9 nitrogen and oxygen atoms in total. The van der Waals surface area contributed by atoms with Gasteiger partial charge in [-0.2, -0.15) is 4.31 Å². The van der Waals surface area contributed by atoms with Crippen LogP contribution in [-0.2, 0) is 29.1 Å². The highest BCUT2D eigenvalue weighted by Gasteiger charge is 2.40. The monoisotopic (exact) mass is 352 g/mol. The van der Waals surface area contributed by atoms with Crippen molar-refractivity contribution < 1.29 is 32.6 Å². The summed E-state index contributed by atoms with van der Waals surface area (Å²) in [4.78, 5) is 33.7. The van der Waals surface area contributed by atoms with Gasteiger partial charge >= 0.3 is 11.9 Å². The van der Waals surface area contributed by atoms with Crippen molar-refractivity contribution >= 4 is 27.9 Å². The van der Waals surface area contributed by atoms with Crippen LogP contribution < -0.4 is 5.32 Å². The van der Waals surface area contributed by atoms with Crippen LogP contribution in [0.2, 0.25) is 0 Å². The molecule has 0 aliphatic rings. The predicted molar refractivity (Wildman–Crippen MR) is 82.1 cm³/mol. The first-order valence-corrected chi connectivity index (χ1v) is 8.51. The summed E-state index contributed by atoms with van der Waals surface area (Å²) in [5.41, 5.74) is -1.34. The van der Waals surface area contributed by atoms with Gasteiger partial charge in [-0.25, -0.2) is 8.42 Å². The molecule has 1 amide bonds. The van der Waals surface area contributed by atoms with Crippen molar-refractivity contribution in [2.24, 2.45) is 5.41 Å². The molecule has 0 aromatic carbocycles. The number of sulfonamides is 1. The normalized spacial score (nSPS) is 13.5. The Morgan fingerprint density at radius 1 is 1.30 bits per heavy atom. The van der Waals surface area contributed by atoms with Gasteiger partial charge < -0.3 is 15.2 Å². The molecule has 0 rings (SSSR count). The van der Waals surface area contributed by atoms with E-state index in [1.165, 1.54) is 27.7 Å². The number of carbonyl (C=O) groups excluding carboxylic acids is 2. The fraction of sp³-hybridized carbons (Fsp3) is 0.769. The maximum atomic E-state index is 12.5. The van der Waals surface area contributed by atoms with E-state index < -0.39 is 39.2 Å². The van der Waals surface area contributed by atoms with Gasteiger partial charge in [-0.05, 0) is 20.8 Å². The zero-order chi connectivity index (χ0) is 18.4. The summed E-state index contributed by atoms with van der Waals surface area (Å²) in [6.45, 7) is 5.03. The molecule has 0 fully saturated rings. The molecular formula is C13H24N2O7S. The molecular weight excluding hydrogens is 328 g/mol. The van der Waals surface area contributed by atoms with E-state index in [4.69, 9.17) is 5.11 Å². The van der Waals surface area contributed by atoms with Crippen molar-refractivity contribution in [3.63, 3.8) is 0 Å². The third kappa shape index (κ3) is 6.53. The average molecular weight is 352 g/mol. The second-order valence-corrected chi connectivity index (χ2v) is 7.66. The second kappa shape index (κ2) is 8.25. The molecule has 2 N–H and O–H groups in total. The topological polar surface area (TPSA) is 130 Å². The number of hydrogen-bond donors (Lipinski definition) is 2. The number of nitrogens with zero attached hydrogens (tertiary/aromatic N) is 1. The van der Waals surface area contributed by atoms with Crippen LogP contribution in [0.15, 0.2) is 0 Å². The number of ether oxygens (including phenoxy) is 1. The van der Waals surface area contributed by atoms with Crippen molar-refractivity contribution in [3.05, 3.63) is 0 Å². The number of aliphatic carboxylic acids is 1. The molecule has 10 heteroatoms. The van der Waals surface area contributed by atoms with Crippen molar-refractivity contribution in [3.8, 4) is 0 Å². The minimum atomic E-state index is -4.08. The Morgan fingerprint density at radius 2 is 1.83 bits per heavy atom. The molecule has 0 heterocycles. The van der Waals surface area contributed by atoms with Crippen LogP contribution >= 0.6 is 0 Å². The highest BCUT2D eigenvalue weighted by molar-refractivity contribution is 7.89. The second-order valence-electron chi connectivity index (χ2n) is 5.74. The smallest absolute Gasteiger partial charge is 0.321 e. The van der Waals surface area contributed by atoms with E-state index in [1.54, 1.807) is 0 Å². The van der Waals surface area contributed by atoms with E-state index in [1.807, 2.05) is 0 Å². The number of carbonyl (C=O) groups is 3. The first kappa shape index (κ1) is 21.3. The average Bonchev–Trinajstić information content (AvgIpc) is 2.39. The molecule has 0 saturated carbocycles.